The van der Waals surface area contributed by atoms with E-state index in [4.69, 9.17) is 20.9 Å². The number of hydrogen-bond acceptors (Lipinski definition) is 8. The Hall–Kier alpha value is -4.16. The van der Waals surface area contributed by atoms with Gasteiger partial charge in [-0.3, -0.25) is 14.4 Å². The van der Waals surface area contributed by atoms with E-state index in [1.165, 1.54) is 7.11 Å². The first-order valence-corrected chi connectivity index (χ1v) is 10.6. The van der Waals surface area contributed by atoms with Gasteiger partial charge in [0.05, 0.1) is 13.2 Å². The number of carbonyl (C=O) groups excluding carboxylic acids is 3. The molecule has 12 nitrogen and oxygen atoms in total. The Morgan fingerprint density at radius 3 is 2.31 bits per heavy atom. The minimum absolute atomic E-state index is 0.00385. The largest absolute Gasteiger partial charge is 0.493 e. The third-order valence-electron chi connectivity index (χ3n) is 5.41. The van der Waals surface area contributed by atoms with Crippen LogP contribution in [-0.2, 0) is 32.0 Å². The van der Waals surface area contributed by atoms with Crippen LogP contribution in [-0.4, -0.2) is 65.2 Å². The molecule has 186 valence electrons. The zero-order valence-electron chi connectivity index (χ0n) is 18.8. The molecule has 2 aromatic rings. The first-order chi connectivity index (χ1) is 16.6. The number of methoxy groups -OCH3 is 1. The Morgan fingerprint density at radius 1 is 1.06 bits per heavy atom. The molecule has 0 fully saturated rings. The van der Waals surface area contributed by atoms with Gasteiger partial charge in [0, 0.05) is 6.42 Å². The number of aliphatic carboxylic acids is 1. The van der Waals surface area contributed by atoms with Gasteiger partial charge in [-0.05, 0) is 41.8 Å². The Morgan fingerprint density at radius 2 is 1.71 bits per heavy atom. The van der Waals surface area contributed by atoms with Gasteiger partial charge in [0.15, 0.2) is 17.6 Å². The van der Waals surface area contributed by atoms with Crippen molar-refractivity contribution in [3.8, 4) is 17.2 Å². The number of aliphatic hydroxyl groups excluding tert-OH is 1. The molecule has 8 N–H and O–H groups in total. The van der Waals surface area contributed by atoms with Crippen molar-refractivity contribution in [3.63, 3.8) is 0 Å². The number of nitrogens with two attached hydrogens (primary N) is 2. The molecule has 0 radical (unpaired) electrons. The topological polar surface area (TPSA) is 203 Å². The van der Waals surface area contributed by atoms with Crippen LogP contribution in [0.1, 0.15) is 11.1 Å². The Kier molecular flexibility index (Phi) is 7.89. The van der Waals surface area contributed by atoms with Crippen molar-refractivity contribution < 1.29 is 38.9 Å². The van der Waals surface area contributed by atoms with Crippen molar-refractivity contribution >= 4 is 23.7 Å². The fraction of sp³-hybridized carbons (Fsp3) is 0.304. The summed E-state index contributed by atoms with van der Waals surface area (Å²) in [6.07, 6.45) is -2.25. The quantitative estimate of drug-likeness (QED) is 0.307. The Balaban J connectivity index is 2.04. The summed E-state index contributed by atoms with van der Waals surface area (Å²) in [6.45, 7) is 0. The fourth-order valence-electron chi connectivity index (χ4n) is 3.50. The van der Waals surface area contributed by atoms with Gasteiger partial charge in [0.2, 0.25) is 17.7 Å². The van der Waals surface area contributed by atoms with Crippen LogP contribution in [0.25, 0.3) is 0 Å². The van der Waals surface area contributed by atoms with Crippen molar-refractivity contribution in [2.45, 2.75) is 37.1 Å². The summed E-state index contributed by atoms with van der Waals surface area (Å²) in [4.78, 5) is 48.9. The predicted octanol–water partition coefficient (Wildman–Crippen LogP) is -1.19. The number of aliphatic hydroxyl groups is 1. The van der Waals surface area contributed by atoms with Gasteiger partial charge >= 0.3 is 5.97 Å². The highest BCUT2D eigenvalue weighted by Gasteiger charge is 2.35. The number of benzene rings is 2. The lowest BCUT2D eigenvalue weighted by Crippen LogP contribution is -2.61. The summed E-state index contributed by atoms with van der Waals surface area (Å²) in [5.74, 6) is -3.41. The van der Waals surface area contributed by atoms with Crippen LogP contribution in [0, 0.1) is 0 Å². The van der Waals surface area contributed by atoms with Crippen LogP contribution in [0.3, 0.4) is 0 Å². The SMILES string of the molecule is COc1ccc2cc1Oc1ccc(cc1)CC(C(=O)O)NC(=O)[C@@H]([C@@H](O)C(N)=O)NC(=O)[C@H](N)C2. The van der Waals surface area contributed by atoms with Crippen molar-refractivity contribution in [2.24, 2.45) is 11.5 Å². The van der Waals surface area contributed by atoms with Crippen LogP contribution >= 0.6 is 0 Å². The molecular formula is C23H26N4O8. The number of carboxylic acids is 1. The summed E-state index contributed by atoms with van der Waals surface area (Å²) in [5, 5.41) is 24.2. The number of carbonyl (C=O) groups is 4. The summed E-state index contributed by atoms with van der Waals surface area (Å²) in [7, 11) is 1.47. The Labute approximate surface area is 200 Å². The molecule has 4 atom stereocenters. The van der Waals surface area contributed by atoms with E-state index in [9.17, 15) is 29.4 Å². The number of hydrogen-bond donors (Lipinski definition) is 6. The summed E-state index contributed by atoms with van der Waals surface area (Å²) >= 11 is 0. The predicted molar refractivity (Wildman–Crippen MR) is 122 cm³/mol. The minimum atomic E-state index is -2.12. The molecule has 2 aromatic carbocycles. The molecule has 35 heavy (non-hydrogen) atoms. The fourth-order valence-corrected chi connectivity index (χ4v) is 3.50. The number of carboxylic acid groups (broad SMARTS) is 1. The van der Waals surface area contributed by atoms with Crippen molar-refractivity contribution in [3.05, 3.63) is 53.6 Å². The first-order valence-electron chi connectivity index (χ1n) is 10.6. The van der Waals surface area contributed by atoms with Crippen molar-refractivity contribution in [2.75, 3.05) is 7.11 Å². The maximum atomic E-state index is 12.8. The molecule has 1 unspecified atom stereocenters. The zero-order valence-corrected chi connectivity index (χ0v) is 18.8. The first kappa shape index (κ1) is 25.5. The second-order valence-electron chi connectivity index (χ2n) is 7.98. The third kappa shape index (κ3) is 6.25. The third-order valence-corrected chi connectivity index (χ3v) is 5.41. The second kappa shape index (κ2) is 10.8. The molecule has 0 aliphatic carbocycles. The zero-order chi connectivity index (χ0) is 25.7. The van der Waals surface area contributed by atoms with E-state index in [1.807, 2.05) is 0 Å². The van der Waals surface area contributed by atoms with Crippen molar-refractivity contribution in [1.82, 2.24) is 10.6 Å². The van der Waals surface area contributed by atoms with E-state index < -0.39 is 47.9 Å². The summed E-state index contributed by atoms with van der Waals surface area (Å²) in [6, 6.07) is 6.95. The monoisotopic (exact) mass is 486 g/mol. The van der Waals surface area contributed by atoms with Crippen LogP contribution in [0.5, 0.6) is 17.2 Å². The number of primary amides is 1. The molecular weight excluding hydrogens is 460 g/mol. The molecule has 4 rings (SSSR count). The van der Waals surface area contributed by atoms with Gasteiger partial charge in [-0.2, -0.15) is 0 Å². The van der Waals surface area contributed by atoms with E-state index >= 15 is 0 Å². The average Bonchev–Trinajstić information content (AvgIpc) is 2.82. The number of ether oxygens (including phenoxy) is 2. The molecule has 0 aromatic heterocycles. The molecule has 12 heteroatoms. The summed E-state index contributed by atoms with van der Waals surface area (Å²) in [5.41, 5.74) is 12.3. The maximum absolute atomic E-state index is 12.8. The van der Waals surface area contributed by atoms with Gasteiger partial charge < -0.3 is 41.8 Å². The van der Waals surface area contributed by atoms with Gasteiger partial charge in [-0.25, -0.2) is 4.79 Å². The molecule has 2 aliphatic heterocycles. The number of fused-ring (bicyclic) bond motifs is 10. The number of amides is 3. The molecule has 2 aliphatic rings. The van der Waals surface area contributed by atoms with Gasteiger partial charge in [0.25, 0.3) is 0 Å². The molecule has 3 amide bonds. The molecule has 0 saturated heterocycles. The van der Waals surface area contributed by atoms with Gasteiger partial charge in [-0.15, -0.1) is 0 Å². The summed E-state index contributed by atoms with van der Waals surface area (Å²) < 4.78 is 11.2. The number of nitrogens with one attached hydrogen (secondary N) is 2. The lowest BCUT2D eigenvalue weighted by Gasteiger charge is -2.25. The van der Waals surface area contributed by atoms with E-state index in [-0.39, 0.29) is 12.8 Å². The van der Waals surface area contributed by atoms with Crippen molar-refractivity contribution in [1.29, 1.82) is 0 Å². The van der Waals surface area contributed by atoms with Gasteiger partial charge in [0.1, 0.15) is 17.8 Å². The van der Waals surface area contributed by atoms with Crippen LogP contribution in [0.2, 0.25) is 0 Å². The number of rotatable bonds is 4. The Bertz CT molecular complexity index is 1120. The molecule has 0 spiro atoms. The van der Waals surface area contributed by atoms with E-state index in [1.54, 1.807) is 42.5 Å². The van der Waals surface area contributed by atoms with E-state index in [0.717, 1.165) is 0 Å². The van der Waals surface area contributed by atoms with Gasteiger partial charge in [-0.1, -0.05) is 18.2 Å². The lowest BCUT2D eigenvalue weighted by molar-refractivity contribution is -0.144. The maximum Gasteiger partial charge on any atom is 0.326 e. The normalized spacial score (nSPS) is 21.6. The average molecular weight is 486 g/mol. The van der Waals surface area contributed by atoms with Crippen LogP contribution in [0.4, 0.5) is 0 Å². The van der Waals surface area contributed by atoms with Crippen LogP contribution < -0.4 is 31.6 Å². The van der Waals surface area contributed by atoms with E-state index in [2.05, 4.69) is 10.6 Å². The lowest BCUT2D eigenvalue weighted by atomic mass is 10.0. The molecule has 0 saturated carbocycles. The molecule has 4 bridgehead atoms. The van der Waals surface area contributed by atoms with E-state index in [0.29, 0.717) is 28.4 Å². The van der Waals surface area contributed by atoms with Crippen LogP contribution in [0.15, 0.2) is 42.5 Å². The standard InChI is InChI=1S/C23H26N4O8/c1-34-16-7-4-12-8-14(24)21(30)27-18(19(28)20(25)29)22(31)26-15(23(32)33)9-11-2-5-13(6-3-11)35-17(16)10-12/h2-7,10,14-15,18-19,28H,8-9,24H2,1H3,(H2,25,29)(H,26,31)(H,27,30)(H,32,33)/t14-,15?,18-,19-/m1/s1. The second-order valence-corrected chi connectivity index (χ2v) is 7.98. The minimum Gasteiger partial charge on any atom is -0.493 e. The smallest absolute Gasteiger partial charge is 0.326 e. The highest BCUT2D eigenvalue weighted by atomic mass is 16.5. The highest BCUT2D eigenvalue weighted by molar-refractivity contribution is 5.96. The molecule has 2 heterocycles. The highest BCUT2D eigenvalue weighted by Crippen LogP contribution is 2.33.